The summed E-state index contributed by atoms with van der Waals surface area (Å²) in [6.45, 7) is 4.18. The molecule has 38 heavy (non-hydrogen) atoms. The summed E-state index contributed by atoms with van der Waals surface area (Å²) in [5.41, 5.74) is 0. The minimum absolute atomic E-state index is 0.114. The van der Waals surface area contributed by atoms with Gasteiger partial charge >= 0.3 is 5.97 Å². The number of rotatable bonds is 24. The van der Waals surface area contributed by atoms with E-state index in [0.29, 0.717) is 13.0 Å². The van der Waals surface area contributed by atoms with Crippen molar-refractivity contribution in [3.8, 4) is 0 Å². The van der Waals surface area contributed by atoms with Crippen molar-refractivity contribution < 1.29 is 44.2 Å². The second-order valence-corrected chi connectivity index (χ2v) is 10.6. The van der Waals surface area contributed by atoms with E-state index in [1.165, 1.54) is 77.0 Å². The zero-order valence-electron chi connectivity index (χ0n) is 23.9. The van der Waals surface area contributed by atoms with Gasteiger partial charge < -0.3 is 39.4 Å². The third-order valence-corrected chi connectivity index (χ3v) is 6.99. The lowest BCUT2D eigenvalue weighted by Gasteiger charge is -2.39. The Kier molecular flexibility index (Phi) is 21.3. The van der Waals surface area contributed by atoms with Crippen LogP contribution in [0.25, 0.3) is 0 Å². The van der Waals surface area contributed by atoms with Crippen LogP contribution in [0.4, 0.5) is 0 Å². The number of hydrogen-bond acceptors (Lipinski definition) is 9. The molecule has 6 unspecified atom stereocenters. The molecule has 9 heteroatoms. The highest BCUT2D eigenvalue weighted by molar-refractivity contribution is 5.69. The average molecular weight is 549 g/mol. The Morgan fingerprint density at radius 1 is 0.737 bits per heavy atom. The molecule has 0 amide bonds. The number of ether oxygens (including phenoxy) is 4. The molecule has 226 valence electrons. The Hall–Kier alpha value is -0.810. The number of unbranched alkanes of at least 4 members (excludes halogenated alkanes) is 13. The zero-order valence-corrected chi connectivity index (χ0v) is 23.9. The lowest BCUT2D eigenvalue weighted by molar-refractivity contribution is -0.305. The Labute approximate surface area is 230 Å². The van der Waals surface area contributed by atoms with Crippen molar-refractivity contribution in [2.75, 3.05) is 26.4 Å². The van der Waals surface area contributed by atoms with Crippen molar-refractivity contribution in [3.05, 3.63) is 0 Å². The summed E-state index contributed by atoms with van der Waals surface area (Å²) >= 11 is 0. The molecule has 1 saturated heterocycles. The van der Waals surface area contributed by atoms with Crippen molar-refractivity contribution >= 4 is 5.97 Å². The van der Waals surface area contributed by atoms with Crippen molar-refractivity contribution in [1.29, 1.82) is 0 Å². The normalized spacial score (nSPS) is 24.4. The molecule has 0 bridgehead atoms. The van der Waals surface area contributed by atoms with Crippen LogP contribution in [0.15, 0.2) is 0 Å². The number of carbonyl (C=O) groups excluding carboxylic acids is 1. The van der Waals surface area contributed by atoms with Gasteiger partial charge in [0.15, 0.2) is 6.29 Å². The maximum atomic E-state index is 12.0. The van der Waals surface area contributed by atoms with Gasteiger partial charge in [0.1, 0.15) is 30.5 Å². The van der Waals surface area contributed by atoms with Crippen LogP contribution in [0.2, 0.25) is 0 Å². The summed E-state index contributed by atoms with van der Waals surface area (Å²) in [5, 5.41) is 39.3. The molecule has 0 saturated carbocycles. The second-order valence-electron chi connectivity index (χ2n) is 10.6. The molecule has 0 aromatic carbocycles. The smallest absolute Gasteiger partial charge is 0.306 e. The van der Waals surface area contributed by atoms with Gasteiger partial charge in [0, 0.05) is 13.0 Å². The van der Waals surface area contributed by atoms with Crippen LogP contribution >= 0.6 is 0 Å². The molecule has 0 radical (unpaired) electrons. The van der Waals surface area contributed by atoms with E-state index in [0.717, 1.165) is 12.8 Å². The molecule has 1 aliphatic rings. The molecule has 4 N–H and O–H groups in total. The second kappa shape index (κ2) is 22.9. The van der Waals surface area contributed by atoms with Crippen LogP contribution in [0.5, 0.6) is 0 Å². The fourth-order valence-corrected chi connectivity index (χ4v) is 4.59. The lowest BCUT2D eigenvalue weighted by atomic mass is 9.99. The first-order chi connectivity index (χ1) is 18.4. The first-order valence-electron chi connectivity index (χ1n) is 15.1. The van der Waals surface area contributed by atoms with E-state index < -0.39 is 43.4 Å². The van der Waals surface area contributed by atoms with Crippen LogP contribution in [-0.4, -0.2) is 89.6 Å². The third kappa shape index (κ3) is 15.7. The third-order valence-electron chi connectivity index (χ3n) is 6.99. The van der Waals surface area contributed by atoms with Gasteiger partial charge in [-0.25, -0.2) is 0 Å². The highest BCUT2D eigenvalue weighted by atomic mass is 16.7. The van der Waals surface area contributed by atoms with E-state index in [1.807, 2.05) is 6.92 Å². The van der Waals surface area contributed by atoms with Gasteiger partial charge in [-0.05, 0) is 12.8 Å². The molecule has 1 heterocycles. The standard InChI is InChI=1S/C29H56O9/c1-3-5-6-7-8-9-10-11-12-13-14-15-16-17-19-35-21-23(37-25(31)18-4-2)22-36-29-28(34)27(33)26(32)24(20-30)38-29/h23-24,26-30,32-34H,3-22H2,1-2H3. The molecule has 0 spiro atoms. The highest BCUT2D eigenvalue weighted by Gasteiger charge is 2.44. The van der Waals surface area contributed by atoms with Crippen molar-refractivity contribution in [1.82, 2.24) is 0 Å². The van der Waals surface area contributed by atoms with Gasteiger partial charge in [-0.1, -0.05) is 97.3 Å². The molecular weight excluding hydrogens is 492 g/mol. The maximum Gasteiger partial charge on any atom is 0.306 e. The molecular formula is C29H56O9. The van der Waals surface area contributed by atoms with Gasteiger partial charge in [-0.2, -0.15) is 0 Å². The maximum absolute atomic E-state index is 12.0. The summed E-state index contributed by atoms with van der Waals surface area (Å²) in [6.07, 6.45) is 11.4. The molecule has 9 nitrogen and oxygen atoms in total. The number of aliphatic hydroxyl groups is 4. The predicted octanol–water partition coefficient (Wildman–Crippen LogP) is 4.01. The molecule has 1 aliphatic heterocycles. The topological polar surface area (TPSA) is 135 Å². The highest BCUT2D eigenvalue weighted by Crippen LogP contribution is 2.22. The monoisotopic (exact) mass is 548 g/mol. The van der Waals surface area contributed by atoms with Crippen molar-refractivity contribution in [2.24, 2.45) is 0 Å². The predicted molar refractivity (Wildman–Crippen MR) is 146 cm³/mol. The fourth-order valence-electron chi connectivity index (χ4n) is 4.59. The molecule has 6 atom stereocenters. The minimum atomic E-state index is -1.52. The van der Waals surface area contributed by atoms with Crippen LogP contribution in [-0.2, 0) is 23.7 Å². The van der Waals surface area contributed by atoms with E-state index in [1.54, 1.807) is 0 Å². The zero-order chi connectivity index (χ0) is 28.0. The summed E-state index contributed by atoms with van der Waals surface area (Å²) in [5.74, 6) is -0.366. The van der Waals surface area contributed by atoms with E-state index >= 15 is 0 Å². The van der Waals surface area contributed by atoms with E-state index in [-0.39, 0.29) is 25.6 Å². The van der Waals surface area contributed by atoms with Crippen molar-refractivity contribution in [2.45, 2.75) is 153 Å². The van der Waals surface area contributed by atoms with Crippen LogP contribution in [0, 0.1) is 0 Å². The summed E-state index contributed by atoms with van der Waals surface area (Å²) in [6, 6.07) is 0. The molecule has 0 aliphatic carbocycles. The number of esters is 1. The summed E-state index contributed by atoms with van der Waals surface area (Å²) in [7, 11) is 0. The summed E-state index contributed by atoms with van der Waals surface area (Å²) < 4.78 is 22.1. The van der Waals surface area contributed by atoms with E-state index in [4.69, 9.17) is 18.9 Å². The van der Waals surface area contributed by atoms with Crippen LogP contribution in [0.1, 0.15) is 117 Å². The first-order valence-corrected chi connectivity index (χ1v) is 15.1. The molecule has 1 fully saturated rings. The van der Waals surface area contributed by atoms with Gasteiger partial charge in [-0.15, -0.1) is 0 Å². The molecule has 0 aromatic heterocycles. The van der Waals surface area contributed by atoms with Gasteiger partial charge in [0.2, 0.25) is 0 Å². The lowest BCUT2D eigenvalue weighted by Crippen LogP contribution is -2.59. The van der Waals surface area contributed by atoms with E-state index in [2.05, 4.69) is 6.92 Å². The fraction of sp³-hybridized carbons (Fsp3) is 0.966. The van der Waals surface area contributed by atoms with Crippen LogP contribution in [0.3, 0.4) is 0 Å². The Bertz CT molecular complexity index is 560. The van der Waals surface area contributed by atoms with Gasteiger partial charge in [0.25, 0.3) is 0 Å². The molecule has 1 rings (SSSR count). The Morgan fingerprint density at radius 2 is 1.29 bits per heavy atom. The number of carbonyl (C=O) groups is 1. The van der Waals surface area contributed by atoms with Gasteiger partial charge in [-0.3, -0.25) is 4.79 Å². The number of hydrogen-bond donors (Lipinski definition) is 4. The van der Waals surface area contributed by atoms with Crippen LogP contribution < -0.4 is 0 Å². The molecule has 0 aromatic rings. The SMILES string of the molecule is CCCCCCCCCCCCCCCCOCC(COC1OC(CO)C(O)C(O)C1O)OC(=O)CCC. The van der Waals surface area contributed by atoms with Crippen molar-refractivity contribution in [3.63, 3.8) is 0 Å². The Morgan fingerprint density at radius 3 is 1.82 bits per heavy atom. The van der Waals surface area contributed by atoms with Gasteiger partial charge in [0.05, 0.1) is 19.8 Å². The quantitative estimate of drug-likeness (QED) is 0.104. The van der Waals surface area contributed by atoms with E-state index in [9.17, 15) is 25.2 Å². The largest absolute Gasteiger partial charge is 0.457 e. The first kappa shape index (κ1) is 35.2. The Balaban J connectivity index is 2.18. The number of aliphatic hydroxyl groups excluding tert-OH is 4. The summed E-state index contributed by atoms with van der Waals surface area (Å²) in [4.78, 5) is 12.0. The minimum Gasteiger partial charge on any atom is -0.457 e. The average Bonchev–Trinajstić information content (AvgIpc) is 2.91.